The minimum atomic E-state index is -0.268. The molecule has 1 aromatic carbocycles. The zero-order chi connectivity index (χ0) is 18.8. The first kappa shape index (κ1) is 17.4. The molecular weight excluding hydrogens is 350 g/mol. The number of ether oxygens (including phenoxy) is 3. The lowest BCUT2D eigenvalue weighted by molar-refractivity contribution is 0.0945. The van der Waals surface area contributed by atoms with Crippen LogP contribution in [0, 0.1) is 0 Å². The Bertz CT molecular complexity index is 938. The number of carbonyl (C=O) groups is 1. The maximum absolute atomic E-state index is 12.9. The van der Waals surface area contributed by atoms with Crippen LogP contribution in [-0.2, 0) is 19.5 Å². The van der Waals surface area contributed by atoms with Crippen molar-refractivity contribution < 1.29 is 19.0 Å². The van der Waals surface area contributed by atoms with Crippen molar-refractivity contribution >= 4 is 5.91 Å². The fraction of sp³-hybridized carbons (Fsp3) is 0.368. The summed E-state index contributed by atoms with van der Waals surface area (Å²) in [5, 5.41) is 6.17. The van der Waals surface area contributed by atoms with Gasteiger partial charge in [0.25, 0.3) is 11.5 Å². The molecule has 0 fully saturated rings. The molecule has 0 atom stereocenters. The van der Waals surface area contributed by atoms with Crippen LogP contribution in [0.2, 0.25) is 0 Å². The molecule has 1 aromatic heterocycles. The molecule has 0 bridgehead atoms. The number of aromatic nitrogens is 1. The van der Waals surface area contributed by atoms with Crippen LogP contribution in [0.4, 0.5) is 0 Å². The number of benzene rings is 1. The number of fused-ring (bicyclic) bond motifs is 2. The van der Waals surface area contributed by atoms with Crippen LogP contribution < -0.4 is 30.4 Å². The number of hydrogen-bond acceptors (Lipinski definition) is 6. The predicted octanol–water partition coefficient (Wildman–Crippen LogP) is 0.661. The molecule has 27 heavy (non-hydrogen) atoms. The molecule has 8 heteroatoms. The van der Waals surface area contributed by atoms with E-state index in [1.807, 2.05) is 18.2 Å². The number of amides is 1. The molecule has 0 saturated heterocycles. The molecule has 8 nitrogen and oxygen atoms in total. The summed E-state index contributed by atoms with van der Waals surface area (Å²) in [6.45, 7) is 2.46. The fourth-order valence-electron chi connectivity index (χ4n) is 3.43. The van der Waals surface area contributed by atoms with Crippen LogP contribution in [0.5, 0.6) is 17.2 Å². The minimum absolute atomic E-state index is 0.155. The highest BCUT2D eigenvalue weighted by atomic mass is 16.7. The van der Waals surface area contributed by atoms with Crippen molar-refractivity contribution in [2.45, 2.75) is 19.5 Å². The van der Waals surface area contributed by atoms with Crippen molar-refractivity contribution in [1.82, 2.24) is 15.2 Å². The average molecular weight is 371 g/mol. The quantitative estimate of drug-likeness (QED) is 0.821. The smallest absolute Gasteiger partial charge is 0.257 e. The predicted molar refractivity (Wildman–Crippen MR) is 97.6 cm³/mol. The van der Waals surface area contributed by atoms with E-state index in [1.165, 1.54) is 13.2 Å². The van der Waals surface area contributed by atoms with Crippen LogP contribution in [0.3, 0.4) is 0 Å². The van der Waals surface area contributed by atoms with Gasteiger partial charge >= 0.3 is 0 Å². The highest BCUT2D eigenvalue weighted by Gasteiger charge is 2.23. The molecule has 142 valence electrons. The van der Waals surface area contributed by atoms with Gasteiger partial charge in [-0.15, -0.1) is 0 Å². The highest BCUT2D eigenvalue weighted by molar-refractivity contribution is 5.98. The third-order valence-electron chi connectivity index (χ3n) is 4.77. The van der Waals surface area contributed by atoms with Crippen LogP contribution >= 0.6 is 0 Å². The van der Waals surface area contributed by atoms with Gasteiger partial charge in [-0.05, 0) is 17.7 Å². The molecular formula is C19H21N3O5. The van der Waals surface area contributed by atoms with E-state index in [0.717, 1.165) is 5.56 Å². The summed E-state index contributed by atoms with van der Waals surface area (Å²) in [4.78, 5) is 25.3. The molecule has 3 heterocycles. The number of pyridine rings is 1. The SMILES string of the molecule is COc1cc(=O)n2c(c1C(=O)NCc1ccc3c(c1)OCO3)CCNCC2. The van der Waals surface area contributed by atoms with Gasteiger partial charge in [0.1, 0.15) is 11.3 Å². The maximum Gasteiger partial charge on any atom is 0.257 e. The molecule has 0 aliphatic carbocycles. The van der Waals surface area contributed by atoms with Crippen molar-refractivity contribution in [3.05, 3.63) is 51.4 Å². The minimum Gasteiger partial charge on any atom is -0.496 e. The second kappa shape index (κ2) is 7.32. The van der Waals surface area contributed by atoms with E-state index < -0.39 is 0 Å². The summed E-state index contributed by atoms with van der Waals surface area (Å²) in [5.41, 5.74) is 1.86. The van der Waals surface area contributed by atoms with Gasteiger partial charge in [-0.3, -0.25) is 9.59 Å². The molecule has 0 unspecified atom stereocenters. The number of hydrogen-bond donors (Lipinski definition) is 2. The number of methoxy groups -OCH3 is 1. The van der Waals surface area contributed by atoms with Crippen LogP contribution in [-0.4, -0.2) is 37.5 Å². The van der Waals surface area contributed by atoms with E-state index in [2.05, 4.69) is 10.6 Å². The second-order valence-corrected chi connectivity index (χ2v) is 6.39. The van der Waals surface area contributed by atoms with Crippen molar-refractivity contribution in [2.24, 2.45) is 0 Å². The topological polar surface area (TPSA) is 90.8 Å². The summed E-state index contributed by atoms with van der Waals surface area (Å²) >= 11 is 0. The van der Waals surface area contributed by atoms with Gasteiger partial charge < -0.3 is 29.4 Å². The van der Waals surface area contributed by atoms with E-state index >= 15 is 0 Å². The van der Waals surface area contributed by atoms with E-state index in [1.54, 1.807) is 4.57 Å². The van der Waals surface area contributed by atoms with Crippen LogP contribution in [0.1, 0.15) is 21.6 Å². The lowest BCUT2D eigenvalue weighted by Crippen LogP contribution is -2.31. The first-order valence-electron chi connectivity index (χ1n) is 8.85. The molecule has 0 saturated carbocycles. The Morgan fingerprint density at radius 3 is 2.96 bits per heavy atom. The van der Waals surface area contributed by atoms with Crippen molar-refractivity contribution in [2.75, 3.05) is 27.0 Å². The van der Waals surface area contributed by atoms with Crippen molar-refractivity contribution in [3.63, 3.8) is 0 Å². The molecule has 2 aliphatic rings. The second-order valence-electron chi connectivity index (χ2n) is 6.39. The Kier molecular flexibility index (Phi) is 4.72. The zero-order valence-electron chi connectivity index (χ0n) is 15.0. The summed E-state index contributed by atoms with van der Waals surface area (Å²) in [6, 6.07) is 6.93. The molecule has 0 radical (unpaired) electrons. The van der Waals surface area contributed by atoms with Gasteiger partial charge in [-0.25, -0.2) is 0 Å². The third kappa shape index (κ3) is 3.35. The summed E-state index contributed by atoms with van der Waals surface area (Å²) < 4.78 is 17.7. The number of carbonyl (C=O) groups excluding carboxylic acids is 1. The molecule has 2 N–H and O–H groups in total. The van der Waals surface area contributed by atoms with Gasteiger partial charge in [0.05, 0.1) is 7.11 Å². The number of nitrogens with one attached hydrogen (secondary N) is 2. The molecule has 1 amide bonds. The van der Waals surface area contributed by atoms with Crippen LogP contribution in [0.25, 0.3) is 0 Å². The number of rotatable bonds is 4. The van der Waals surface area contributed by atoms with E-state index in [-0.39, 0.29) is 18.3 Å². The molecule has 0 spiro atoms. The van der Waals surface area contributed by atoms with Crippen molar-refractivity contribution in [1.29, 1.82) is 0 Å². The Morgan fingerprint density at radius 2 is 2.11 bits per heavy atom. The van der Waals surface area contributed by atoms with Gasteiger partial charge in [0, 0.05) is 44.4 Å². The van der Waals surface area contributed by atoms with E-state index in [9.17, 15) is 9.59 Å². The largest absolute Gasteiger partial charge is 0.496 e. The average Bonchev–Trinajstić information content (AvgIpc) is 3.00. The van der Waals surface area contributed by atoms with Gasteiger partial charge in [0.15, 0.2) is 11.5 Å². The highest BCUT2D eigenvalue weighted by Crippen LogP contribution is 2.32. The van der Waals surface area contributed by atoms with Gasteiger partial charge in [0.2, 0.25) is 6.79 Å². The number of nitrogens with zero attached hydrogens (tertiary/aromatic N) is 1. The van der Waals surface area contributed by atoms with Crippen LogP contribution in [0.15, 0.2) is 29.1 Å². The first-order chi connectivity index (χ1) is 13.2. The van der Waals surface area contributed by atoms with Crippen molar-refractivity contribution in [3.8, 4) is 17.2 Å². The molecule has 2 aromatic rings. The lowest BCUT2D eigenvalue weighted by Gasteiger charge is -2.17. The summed E-state index contributed by atoms with van der Waals surface area (Å²) in [6.07, 6.45) is 0.583. The van der Waals surface area contributed by atoms with Gasteiger partial charge in [-0.1, -0.05) is 6.07 Å². The summed E-state index contributed by atoms with van der Waals surface area (Å²) in [7, 11) is 1.47. The fourth-order valence-corrected chi connectivity index (χ4v) is 3.43. The maximum atomic E-state index is 12.9. The standard InChI is InChI=1S/C19H21N3O5/c1-25-16-9-17(23)22-7-6-20-5-4-13(22)18(16)19(24)21-10-12-2-3-14-15(8-12)27-11-26-14/h2-3,8-9,20H,4-7,10-11H2,1H3,(H,21,24). The zero-order valence-corrected chi connectivity index (χ0v) is 15.0. The monoisotopic (exact) mass is 371 g/mol. The Balaban J connectivity index is 1.60. The lowest BCUT2D eigenvalue weighted by atomic mass is 10.1. The van der Waals surface area contributed by atoms with E-state index in [0.29, 0.717) is 61.1 Å². The van der Waals surface area contributed by atoms with Gasteiger partial charge in [-0.2, -0.15) is 0 Å². The Morgan fingerprint density at radius 1 is 1.26 bits per heavy atom. The van der Waals surface area contributed by atoms with E-state index in [4.69, 9.17) is 14.2 Å². The molecule has 2 aliphatic heterocycles. The molecule has 4 rings (SSSR count). The Labute approximate surface area is 156 Å². The normalized spacial score (nSPS) is 15.0. The third-order valence-corrected chi connectivity index (χ3v) is 4.77. The Hall–Kier alpha value is -3.00. The summed E-state index contributed by atoms with van der Waals surface area (Å²) in [5.74, 6) is 1.41. The first-order valence-corrected chi connectivity index (χ1v) is 8.85.